The van der Waals surface area contributed by atoms with E-state index in [0.29, 0.717) is 6.42 Å². The summed E-state index contributed by atoms with van der Waals surface area (Å²) in [5, 5.41) is 9.44. The van der Waals surface area contributed by atoms with E-state index in [2.05, 4.69) is 4.18 Å². The highest BCUT2D eigenvalue weighted by Gasteiger charge is 2.31. The Labute approximate surface area is 193 Å². The monoisotopic (exact) mass is 500 g/mol. The van der Waals surface area contributed by atoms with Gasteiger partial charge in [-0.25, -0.2) is 13.2 Å². The molecule has 0 aliphatic carbocycles. The Kier molecular flexibility index (Phi) is 7.50. The summed E-state index contributed by atoms with van der Waals surface area (Å²) in [6.07, 6.45) is 1.45. The topological polar surface area (TPSA) is 63.6 Å². The van der Waals surface area contributed by atoms with E-state index in [1.54, 1.807) is 12.1 Å². The highest BCUT2D eigenvalue weighted by atomic mass is 32.2. The number of hydrogen-bond acceptors (Lipinski definition) is 4. The first-order valence-electron chi connectivity index (χ1n) is 10.3. The van der Waals surface area contributed by atoms with Gasteiger partial charge in [-0.15, -0.1) is 0 Å². The van der Waals surface area contributed by atoms with E-state index in [9.17, 15) is 35.5 Å². The molecule has 0 fully saturated rings. The van der Waals surface area contributed by atoms with Gasteiger partial charge in [0, 0.05) is 0 Å². The van der Waals surface area contributed by atoms with E-state index in [1.807, 2.05) is 26.0 Å². The average Bonchev–Trinajstić information content (AvgIpc) is 2.83. The summed E-state index contributed by atoms with van der Waals surface area (Å²) in [5.41, 5.74) is 1.81. The lowest BCUT2D eigenvalue weighted by Crippen LogP contribution is -2.14. The molecule has 0 aliphatic rings. The van der Waals surface area contributed by atoms with Gasteiger partial charge in [0.25, 0.3) is 0 Å². The van der Waals surface area contributed by atoms with Gasteiger partial charge in [0.1, 0.15) is 10.6 Å². The Bertz CT molecular complexity index is 1250. The van der Waals surface area contributed by atoms with Gasteiger partial charge in [0.05, 0.1) is 0 Å². The minimum atomic E-state index is -4.88. The van der Waals surface area contributed by atoms with Crippen LogP contribution in [0.15, 0.2) is 53.4 Å². The van der Waals surface area contributed by atoms with Crippen LogP contribution in [0.3, 0.4) is 0 Å². The molecule has 4 nitrogen and oxygen atoms in total. The second-order valence-corrected chi connectivity index (χ2v) is 9.39. The molecule has 3 rings (SSSR count). The summed E-state index contributed by atoms with van der Waals surface area (Å²) in [4.78, 5) is -0.512. The number of phenolic OH excluding ortho intramolecular Hbond substituents is 1. The number of benzene rings is 3. The quantitative estimate of drug-likeness (QED) is 0.165. The van der Waals surface area contributed by atoms with Gasteiger partial charge >= 0.3 is 10.1 Å². The van der Waals surface area contributed by atoms with E-state index >= 15 is 0 Å². The number of hydrogen-bond donors (Lipinski definition) is 1. The Balaban J connectivity index is 1.82. The summed E-state index contributed by atoms with van der Waals surface area (Å²) in [7, 11) is -4.88. The molecule has 0 saturated carbocycles. The van der Waals surface area contributed by atoms with Gasteiger partial charge < -0.3 is 9.29 Å². The lowest BCUT2D eigenvalue weighted by Gasteiger charge is -2.21. The fraction of sp³-hybridized carbons (Fsp3) is 0.250. The van der Waals surface area contributed by atoms with Crippen molar-refractivity contribution in [3.63, 3.8) is 0 Å². The zero-order valence-electron chi connectivity index (χ0n) is 18.2. The molecule has 2 atom stereocenters. The maximum Gasteiger partial charge on any atom is 0.339 e. The van der Waals surface area contributed by atoms with E-state index in [0.717, 1.165) is 29.7 Å². The average molecular weight is 500 g/mol. The van der Waals surface area contributed by atoms with Crippen LogP contribution in [0, 0.1) is 29.1 Å². The van der Waals surface area contributed by atoms with Crippen molar-refractivity contribution in [3.05, 3.63) is 88.7 Å². The molecule has 0 heterocycles. The second-order valence-electron chi connectivity index (χ2n) is 7.84. The third-order valence-corrected chi connectivity index (χ3v) is 6.83. The van der Waals surface area contributed by atoms with Gasteiger partial charge in [0.2, 0.25) is 34.8 Å². The molecule has 2 unspecified atom stereocenters. The minimum absolute atomic E-state index is 0.0386. The van der Waals surface area contributed by atoms with Gasteiger partial charge in [0.15, 0.2) is 0 Å². The van der Waals surface area contributed by atoms with Crippen molar-refractivity contribution in [2.45, 2.75) is 43.4 Å². The second kappa shape index (κ2) is 10.0. The van der Waals surface area contributed by atoms with Crippen molar-refractivity contribution in [1.29, 1.82) is 0 Å². The van der Waals surface area contributed by atoms with Gasteiger partial charge in [-0.3, -0.25) is 0 Å². The maximum absolute atomic E-state index is 13.8. The van der Waals surface area contributed by atoms with Gasteiger partial charge in [-0.1, -0.05) is 38.1 Å². The fourth-order valence-electron chi connectivity index (χ4n) is 3.63. The summed E-state index contributed by atoms with van der Waals surface area (Å²) in [6, 6.07) is 12.1. The SMILES string of the molecule is CCC(CC(C)c1ccc(O)cc1)c1ccc(S(=O)(=O)Oc2c(F)c(F)c(F)c(F)c2F)cc1. The number of halogens is 5. The van der Waals surface area contributed by atoms with E-state index in [-0.39, 0.29) is 17.6 Å². The smallest absolute Gasteiger partial charge is 0.339 e. The first kappa shape index (κ1) is 25.5. The predicted molar refractivity (Wildman–Crippen MR) is 115 cm³/mol. The molecule has 0 amide bonds. The highest BCUT2D eigenvalue weighted by molar-refractivity contribution is 7.87. The first-order valence-corrected chi connectivity index (χ1v) is 11.7. The van der Waals surface area contributed by atoms with Crippen LogP contribution in [-0.4, -0.2) is 13.5 Å². The highest BCUT2D eigenvalue weighted by Crippen LogP contribution is 2.34. The van der Waals surface area contributed by atoms with Crippen LogP contribution in [0.5, 0.6) is 11.5 Å². The number of phenols is 1. The standard InChI is InChI=1S/C24H21F5O4S/c1-3-14(12-13(2)15-4-8-17(30)9-5-15)16-6-10-18(11-7-16)34(31,32)33-24-22(28)20(26)19(25)21(27)23(24)29/h4-11,13-14,30H,3,12H2,1-2H3. The Morgan fingerprint density at radius 3 is 1.76 bits per heavy atom. The normalized spacial score (nSPS) is 13.5. The van der Waals surface area contributed by atoms with Crippen LogP contribution in [0.25, 0.3) is 0 Å². The summed E-state index contributed by atoms with van der Waals surface area (Å²) in [6.45, 7) is 3.98. The third kappa shape index (κ3) is 5.16. The molecular weight excluding hydrogens is 479 g/mol. The van der Waals surface area contributed by atoms with E-state index in [1.165, 1.54) is 12.1 Å². The summed E-state index contributed by atoms with van der Waals surface area (Å²) in [5.74, 6) is -13.4. The summed E-state index contributed by atoms with van der Waals surface area (Å²) < 4.78 is 96.7. The molecule has 0 aliphatic heterocycles. The zero-order chi connectivity index (χ0) is 25.2. The van der Waals surface area contributed by atoms with Crippen molar-refractivity contribution in [1.82, 2.24) is 0 Å². The molecule has 1 N–H and O–H groups in total. The summed E-state index contributed by atoms with van der Waals surface area (Å²) >= 11 is 0. The Morgan fingerprint density at radius 2 is 1.26 bits per heavy atom. The fourth-order valence-corrected chi connectivity index (χ4v) is 4.56. The molecule has 0 spiro atoms. The van der Waals surface area contributed by atoms with Gasteiger partial charge in [-0.2, -0.15) is 17.2 Å². The third-order valence-electron chi connectivity index (χ3n) is 5.60. The lowest BCUT2D eigenvalue weighted by atomic mass is 9.85. The minimum Gasteiger partial charge on any atom is -0.508 e. The molecule has 34 heavy (non-hydrogen) atoms. The maximum atomic E-state index is 13.8. The molecule has 10 heteroatoms. The molecular formula is C24H21F5O4S. The number of rotatable bonds is 8. The van der Waals surface area contributed by atoms with E-state index in [4.69, 9.17) is 0 Å². The molecule has 3 aromatic rings. The van der Waals surface area contributed by atoms with Crippen molar-refractivity contribution in [2.24, 2.45) is 0 Å². The van der Waals surface area contributed by atoms with Crippen molar-refractivity contribution < 1.29 is 39.7 Å². The van der Waals surface area contributed by atoms with E-state index < -0.39 is 49.8 Å². The van der Waals surface area contributed by atoms with Crippen molar-refractivity contribution >= 4 is 10.1 Å². The molecule has 0 aromatic heterocycles. The van der Waals surface area contributed by atoms with Crippen LogP contribution >= 0.6 is 0 Å². The van der Waals surface area contributed by atoms with Crippen LogP contribution in [0.4, 0.5) is 22.0 Å². The Morgan fingerprint density at radius 1 is 0.794 bits per heavy atom. The van der Waals surface area contributed by atoms with Gasteiger partial charge in [-0.05, 0) is 60.1 Å². The zero-order valence-corrected chi connectivity index (χ0v) is 19.0. The van der Waals surface area contributed by atoms with Crippen LogP contribution in [0.1, 0.15) is 49.7 Å². The number of aromatic hydroxyl groups is 1. The largest absolute Gasteiger partial charge is 0.508 e. The van der Waals surface area contributed by atoms with Crippen molar-refractivity contribution in [3.8, 4) is 11.5 Å². The van der Waals surface area contributed by atoms with Crippen LogP contribution in [0.2, 0.25) is 0 Å². The Hall–Kier alpha value is -3.14. The molecule has 0 bridgehead atoms. The van der Waals surface area contributed by atoms with Crippen molar-refractivity contribution in [2.75, 3.05) is 0 Å². The molecule has 3 aromatic carbocycles. The molecule has 0 radical (unpaired) electrons. The molecule has 0 saturated heterocycles. The van der Waals surface area contributed by atoms with Crippen LogP contribution in [-0.2, 0) is 10.1 Å². The van der Waals surface area contributed by atoms with Crippen LogP contribution < -0.4 is 4.18 Å². The molecule has 182 valence electrons. The predicted octanol–water partition coefficient (Wildman–Crippen LogP) is 6.54. The first-order chi connectivity index (χ1) is 16.0. The lowest BCUT2D eigenvalue weighted by molar-refractivity contribution is 0.346.